The van der Waals surface area contributed by atoms with Crippen molar-refractivity contribution in [2.24, 2.45) is 0 Å². The van der Waals surface area contributed by atoms with Crippen LogP contribution in [0.25, 0.3) is 11.3 Å². The lowest BCUT2D eigenvalue weighted by Crippen LogP contribution is -2.38. The van der Waals surface area contributed by atoms with Crippen molar-refractivity contribution in [3.63, 3.8) is 0 Å². The molecule has 0 saturated carbocycles. The fraction of sp³-hybridized carbons (Fsp3) is 0.389. The van der Waals surface area contributed by atoms with Gasteiger partial charge in [0.1, 0.15) is 17.0 Å². The minimum absolute atomic E-state index is 0.101. The van der Waals surface area contributed by atoms with E-state index in [0.29, 0.717) is 18.7 Å². The fourth-order valence-electron chi connectivity index (χ4n) is 2.98. The Labute approximate surface area is 153 Å². The number of nitrogens with one attached hydrogen (secondary N) is 1. The molecule has 3 rings (SSSR count). The number of likely N-dealkylation sites (tertiary alicyclic amines) is 1. The minimum atomic E-state index is -4.45. The van der Waals surface area contributed by atoms with E-state index in [-0.39, 0.29) is 29.5 Å². The third kappa shape index (κ3) is 4.12. The van der Waals surface area contributed by atoms with Gasteiger partial charge in [-0.3, -0.25) is 9.59 Å². The van der Waals surface area contributed by atoms with Crippen LogP contribution in [0, 0.1) is 6.92 Å². The molecule has 1 N–H and O–H groups in total. The van der Waals surface area contributed by atoms with E-state index in [1.54, 1.807) is 4.90 Å². The number of nitrogens with zero attached hydrogens (tertiary/aromatic N) is 2. The second kappa shape index (κ2) is 7.42. The van der Waals surface area contributed by atoms with Gasteiger partial charge in [0.05, 0.1) is 12.1 Å². The molecule has 144 valence electrons. The number of hydrogen-bond donors (Lipinski definition) is 1. The highest BCUT2D eigenvalue weighted by Gasteiger charge is 2.30. The highest BCUT2D eigenvalue weighted by atomic mass is 19.4. The van der Waals surface area contributed by atoms with Crippen LogP contribution in [0.2, 0.25) is 0 Å². The number of halogens is 3. The number of aryl methyl sites for hydroxylation is 1. The Hall–Kier alpha value is -2.84. The number of amides is 2. The lowest BCUT2D eigenvalue weighted by Gasteiger charge is -2.15. The molecule has 1 aromatic carbocycles. The lowest BCUT2D eigenvalue weighted by atomic mass is 10.0. The summed E-state index contributed by atoms with van der Waals surface area (Å²) in [5.41, 5.74) is -0.249. The molecule has 1 saturated heterocycles. The van der Waals surface area contributed by atoms with Gasteiger partial charge in [0.25, 0.3) is 5.91 Å². The van der Waals surface area contributed by atoms with Gasteiger partial charge in [-0.25, -0.2) is 0 Å². The Morgan fingerprint density at radius 2 is 1.81 bits per heavy atom. The molecule has 27 heavy (non-hydrogen) atoms. The number of hydrogen-bond acceptors (Lipinski definition) is 4. The van der Waals surface area contributed by atoms with Crippen LogP contribution in [-0.2, 0) is 11.0 Å². The molecule has 0 spiro atoms. The number of aromatic nitrogens is 1. The SMILES string of the molecule is Cc1onc(-c2ccc(C(F)(F)F)cc2)c1C(=O)NCC(=O)N1CCCC1. The topological polar surface area (TPSA) is 75.4 Å². The molecule has 1 aliphatic heterocycles. The Morgan fingerprint density at radius 1 is 1.19 bits per heavy atom. The third-order valence-electron chi connectivity index (χ3n) is 4.43. The summed E-state index contributed by atoms with van der Waals surface area (Å²) in [5, 5.41) is 6.33. The maximum Gasteiger partial charge on any atom is 0.416 e. The second-order valence-corrected chi connectivity index (χ2v) is 6.31. The summed E-state index contributed by atoms with van der Waals surface area (Å²) in [6.07, 6.45) is -2.56. The van der Waals surface area contributed by atoms with Gasteiger partial charge in [0.15, 0.2) is 0 Å². The average Bonchev–Trinajstić information content (AvgIpc) is 3.28. The highest BCUT2D eigenvalue weighted by Crippen LogP contribution is 2.32. The standard InChI is InChI=1S/C18H18F3N3O3/c1-11-15(17(26)22-10-14(25)24-8-2-3-9-24)16(23-27-11)12-4-6-13(7-5-12)18(19,20)21/h4-7H,2-3,8-10H2,1H3,(H,22,26). The number of carbonyl (C=O) groups excluding carboxylic acids is 2. The molecule has 2 aromatic rings. The van der Waals surface area contributed by atoms with E-state index in [1.807, 2.05) is 0 Å². The Kier molecular flexibility index (Phi) is 5.20. The van der Waals surface area contributed by atoms with Crippen molar-refractivity contribution in [3.8, 4) is 11.3 Å². The minimum Gasteiger partial charge on any atom is -0.360 e. The van der Waals surface area contributed by atoms with Gasteiger partial charge in [0.2, 0.25) is 5.91 Å². The van der Waals surface area contributed by atoms with Crippen molar-refractivity contribution in [2.75, 3.05) is 19.6 Å². The monoisotopic (exact) mass is 381 g/mol. The Balaban J connectivity index is 1.75. The van der Waals surface area contributed by atoms with E-state index in [9.17, 15) is 22.8 Å². The zero-order chi connectivity index (χ0) is 19.6. The van der Waals surface area contributed by atoms with Crippen LogP contribution >= 0.6 is 0 Å². The Bertz CT molecular complexity index is 838. The van der Waals surface area contributed by atoms with E-state index < -0.39 is 17.6 Å². The molecule has 1 fully saturated rings. The smallest absolute Gasteiger partial charge is 0.360 e. The molecule has 0 radical (unpaired) electrons. The van der Waals surface area contributed by atoms with Crippen LogP contribution in [0.1, 0.15) is 34.5 Å². The van der Waals surface area contributed by atoms with E-state index in [4.69, 9.17) is 4.52 Å². The molecule has 9 heteroatoms. The molecule has 1 aliphatic rings. The maximum absolute atomic E-state index is 12.7. The van der Waals surface area contributed by atoms with Gasteiger partial charge in [0, 0.05) is 18.7 Å². The van der Waals surface area contributed by atoms with Crippen LogP contribution in [0.15, 0.2) is 28.8 Å². The summed E-state index contributed by atoms with van der Waals surface area (Å²) < 4.78 is 43.2. The number of rotatable bonds is 4. The number of benzene rings is 1. The van der Waals surface area contributed by atoms with Gasteiger partial charge >= 0.3 is 6.18 Å². The molecular formula is C18H18F3N3O3. The fourth-order valence-corrected chi connectivity index (χ4v) is 2.98. The van der Waals surface area contributed by atoms with Crippen molar-refractivity contribution in [1.82, 2.24) is 15.4 Å². The van der Waals surface area contributed by atoms with E-state index >= 15 is 0 Å². The van der Waals surface area contributed by atoms with Gasteiger partial charge in [-0.1, -0.05) is 17.3 Å². The summed E-state index contributed by atoms with van der Waals surface area (Å²) in [7, 11) is 0. The van der Waals surface area contributed by atoms with Gasteiger partial charge < -0.3 is 14.7 Å². The second-order valence-electron chi connectivity index (χ2n) is 6.31. The van der Waals surface area contributed by atoms with E-state index in [1.165, 1.54) is 19.1 Å². The summed E-state index contributed by atoms with van der Waals surface area (Å²) in [6.45, 7) is 2.73. The first-order valence-corrected chi connectivity index (χ1v) is 8.47. The largest absolute Gasteiger partial charge is 0.416 e. The molecule has 6 nitrogen and oxygen atoms in total. The van der Waals surface area contributed by atoms with Gasteiger partial charge in [-0.2, -0.15) is 13.2 Å². The van der Waals surface area contributed by atoms with Crippen LogP contribution in [0.4, 0.5) is 13.2 Å². The zero-order valence-electron chi connectivity index (χ0n) is 14.6. The summed E-state index contributed by atoms with van der Waals surface area (Å²) in [5.74, 6) is -0.516. The van der Waals surface area contributed by atoms with Crippen molar-refractivity contribution < 1.29 is 27.3 Å². The molecule has 1 aromatic heterocycles. The number of carbonyl (C=O) groups is 2. The molecule has 0 aliphatic carbocycles. The molecule has 2 heterocycles. The predicted molar refractivity (Wildman–Crippen MR) is 89.8 cm³/mol. The Morgan fingerprint density at radius 3 is 2.41 bits per heavy atom. The van der Waals surface area contributed by atoms with E-state index in [0.717, 1.165) is 25.0 Å². The first-order valence-electron chi connectivity index (χ1n) is 8.47. The average molecular weight is 381 g/mol. The highest BCUT2D eigenvalue weighted by molar-refractivity contribution is 6.02. The molecule has 0 bridgehead atoms. The molecule has 2 amide bonds. The van der Waals surface area contributed by atoms with Crippen LogP contribution < -0.4 is 5.32 Å². The van der Waals surface area contributed by atoms with Crippen molar-refractivity contribution in [3.05, 3.63) is 41.2 Å². The quantitative estimate of drug-likeness (QED) is 0.883. The molecular weight excluding hydrogens is 363 g/mol. The summed E-state index contributed by atoms with van der Waals surface area (Å²) in [4.78, 5) is 26.2. The van der Waals surface area contributed by atoms with Crippen LogP contribution in [0.3, 0.4) is 0 Å². The van der Waals surface area contributed by atoms with E-state index in [2.05, 4.69) is 10.5 Å². The van der Waals surface area contributed by atoms with Crippen LogP contribution in [-0.4, -0.2) is 41.5 Å². The number of alkyl halides is 3. The third-order valence-corrected chi connectivity index (χ3v) is 4.43. The lowest BCUT2D eigenvalue weighted by molar-refractivity contribution is -0.137. The first kappa shape index (κ1) is 18.9. The van der Waals surface area contributed by atoms with Gasteiger partial charge in [-0.15, -0.1) is 0 Å². The maximum atomic E-state index is 12.7. The predicted octanol–water partition coefficient (Wildman–Crippen LogP) is 3.02. The molecule has 0 unspecified atom stereocenters. The summed E-state index contributed by atoms with van der Waals surface area (Å²) in [6, 6.07) is 4.29. The first-order chi connectivity index (χ1) is 12.8. The zero-order valence-corrected chi connectivity index (χ0v) is 14.6. The molecule has 0 atom stereocenters. The van der Waals surface area contributed by atoms with Crippen molar-refractivity contribution >= 4 is 11.8 Å². The van der Waals surface area contributed by atoms with Crippen molar-refractivity contribution in [1.29, 1.82) is 0 Å². The summed E-state index contributed by atoms with van der Waals surface area (Å²) >= 11 is 0. The van der Waals surface area contributed by atoms with Gasteiger partial charge in [-0.05, 0) is 31.9 Å². The van der Waals surface area contributed by atoms with Crippen molar-refractivity contribution in [2.45, 2.75) is 25.9 Å². The van der Waals surface area contributed by atoms with Crippen LogP contribution in [0.5, 0.6) is 0 Å². The normalized spacial score (nSPS) is 14.4.